The first-order valence-electron chi connectivity index (χ1n) is 26.6. The zero-order valence-electron chi connectivity index (χ0n) is 41.8. The van der Waals surface area contributed by atoms with Gasteiger partial charge in [0, 0.05) is 12.8 Å². The normalized spacial score (nSPS) is 12.7. The number of allylic oxidation sites excluding steroid dienone is 13. The number of carbonyl (C=O) groups excluding carboxylic acids is 3. The van der Waals surface area contributed by atoms with Gasteiger partial charge >= 0.3 is 17.9 Å². The first-order chi connectivity index (χ1) is 31.5. The number of rotatable bonds is 47. The molecule has 0 amide bonds. The molecule has 0 aromatic rings. The van der Waals surface area contributed by atoms with Crippen molar-refractivity contribution in [2.45, 2.75) is 252 Å². The Kier molecular flexibility index (Phi) is 49.4. The maximum atomic E-state index is 12.7. The Morgan fingerprint density at radius 1 is 0.344 bits per heavy atom. The van der Waals surface area contributed by atoms with Gasteiger partial charge in [-0.05, 0) is 89.9 Å². The fourth-order valence-electron chi connectivity index (χ4n) is 7.16. The summed E-state index contributed by atoms with van der Waals surface area (Å²) in [5.41, 5.74) is 0. The van der Waals surface area contributed by atoms with Gasteiger partial charge in [0.25, 0.3) is 0 Å². The van der Waals surface area contributed by atoms with Crippen molar-refractivity contribution in [1.82, 2.24) is 0 Å². The summed E-state index contributed by atoms with van der Waals surface area (Å²) in [6, 6.07) is 0. The molecule has 0 heterocycles. The fourth-order valence-corrected chi connectivity index (χ4v) is 7.16. The van der Waals surface area contributed by atoms with E-state index in [1.54, 1.807) is 6.08 Å². The third kappa shape index (κ3) is 49.6. The molecule has 0 aliphatic carbocycles. The van der Waals surface area contributed by atoms with Crippen LogP contribution in [-0.2, 0) is 28.6 Å². The summed E-state index contributed by atoms with van der Waals surface area (Å²) in [5.74, 6) is -1.06. The molecule has 0 fully saturated rings. The minimum atomic E-state index is -0.834. The summed E-state index contributed by atoms with van der Waals surface area (Å²) < 4.78 is 16.7. The van der Waals surface area contributed by atoms with Gasteiger partial charge < -0.3 is 14.2 Å². The van der Waals surface area contributed by atoms with Crippen LogP contribution >= 0.6 is 0 Å². The quantitative estimate of drug-likeness (QED) is 0.0262. The van der Waals surface area contributed by atoms with Crippen molar-refractivity contribution in [1.29, 1.82) is 0 Å². The molecule has 0 aromatic heterocycles. The highest BCUT2D eigenvalue weighted by atomic mass is 16.6. The number of carbonyl (C=O) groups is 3. The third-order valence-electron chi connectivity index (χ3n) is 11.1. The largest absolute Gasteiger partial charge is 0.462 e. The predicted molar refractivity (Wildman–Crippen MR) is 274 cm³/mol. The molecular weight excluding hydrogens is 793 g/mol. The average molecular weight is 891 g/mol. The van der Waals surface area contributed by atoms with E-state index in [0.29, 0.717) is 12.8 Å². The van der Waals surface area contributed by atoms with Crippen LogP contribution in [-0.4, -0.2) is 37.2 Å². The van der Waals surface area contributed by atoms with Crippen molar-refractivity contribution in [3.05, 3.63) is 85.1 Å². The van der Waals surface area contributed by atoms with Crippen LogP contribution in [0.2, 0.25) is 0 Å². The van der Waals surface area contributed by atoms with Crippen LogP contribution in [0, 0.1) is 0 Å². The summed E-state index contributed by atoms with van der Waals surface area (Å²) in [6.45, 7) is 6.37. The molecular formula is C58H98O6. The molecule has 0 saturated heterocycles. The molecule has 64 heavy (non-hydrogen) atoms. The molecule has 0 aliphatic rings. The molecule has 1 atom stereocenters. The second-order valence-corrected chi connectivity index (χ2v) is 17.4. The Bertz CT molecular complexity index is 1250. The first kappa shape index (κ1) is 60.6. The standard InChI is InChI=1S/C58H98O6/c1-4-7-10-13-16-19-22-24-26-27-28-29-30-31-33-34-36-39-42-45-48-51-57(60)63-54-55(53-62-56(59)50-47-44-41-38-21-18-15-12-9-6-3)64-58(61)52-49-46-43-40-37-35-32-25-23-20-17-14-11-8-5-2/h8,11-12,15,17,20,25,27-28,32,37,40,46,49,55H,4-7,9-10,13-14,16,18-19,21-24,26,29-31,33-36,38-39,41-45,47-48,50-54H2,1-3H3/b11-8-,15-12-,20-17-,28-27-,32-25-,40-37-,49-46-. The minimum absolute atomic E-state index is 0.0943. The van der Waals surface area contributed by atoms with E-state index in [2.05, 4.69) is 93.7 Å². The molecule has 366 valence electrons. The molecule has 6 heteroatoms. The van der Waals surface area contributed by atoms with Crippen LogP contribution in [0.1, 0.15) is 245 Å². The maximum absolute atomic E-state index is 12.7. The van der Waals surface area contributed by atoms with Crippen molar-refractivity contribution in [2.24, 2.45) is 0 Å². The van der Waals surface area contributed by atoms with Crippen molar-refractivity contribution in [3.8, 4) is 0 Å². The average Bonchev–Trinajstić information content (AvgIpc) is 3.29. The second-order valence-electron chi connectivity index (χ2n) is 17.4. The number of hydrogen-bond acceptors (Lipinski definition) is 6. The number of ether oxygens (including phenoxy) is 3. The van der Waals surface area contributed by atoms with Gasteiger partial charge in [-0.2, -0.15) is 0 Å². The first-order valence-corrected chi connectivity index (χ1v) is 26.6. The lowest BCUT2D eigenvalue weighted by molar-refractivity contribution is -0.166. The molecule has 0 spiro atoms. The van der Waals surface area contributed by atoms with E-state index < -0.39 is 12.1 Å². The van der Waals surface area contributed by atoms with Crippen LogP contribution in [0.4, 0.5) is 0 Å². The van der Waals surface area contributed by atoms with Crippen molar-refractivity contribution < 1.29 is 28.6 Å². The zero-order valence-corrected chi connectivity index (χ0v) is 41.8. The van der Waals surface area contributed by atoms with Crippen molar-refractivity contribution >= 4 is 17.9 Å². The van der Waals surface area contributed by atoms with Crippen LogP contribution in [0.3, 0.4) is 0 Å². The number of unbranched alkanes of at least 4 members (excludes halogenated alkanes) is 23. The van der Waals surface area contributed by atoms with E-state index in [4.69, 9.17) is 14.2 Å². The molecule has 0 saturated carbocycles. The summed E-state index contributed by atoms with van der Waals surface area (Å²) in [5, 5.41) is 0. The monoisotopic (exact) mass is 891 g/mol. The Labute approximate surface area is 395 Å². The van der Waals surface area contributed by atoms with Crippen LogP contribution in [0.25, 0.3) is 0 Å². The minimum Gasteiger partial charge on any atom is -0.462 e. The van der Waals surface area contributed by atoms with E-state index >= 15 is 0 Å². The summed E-state index contributed by atoms with van der Waals surface area (Å²) >= 11 is 0. The van der Waals surface area contributed by atoms with Crippen LogP contribution in [0.15, 0.2) is 85.1 Å². The van der Waals surface area contributed by atoms with E-state index in [1.165, 1.54) is 116 Å². The molecule has 0 aromatic carbocycles. The van der Waals surface area contributed by atoms with Gasteiger partial charge in [-0.1, -0.05) is 221 Å². The number of esters is 3. The highest BCUT2D eigenvalue weighted by molar-refractivity contribution is 5.72. The Hall–Kier alpha value is -3.41. The summed E-state index contributed by atoms with van der Waals surface area (Å²) in [4.78, 5) is 37.9. The van der Waals surface area contributed by atoms with Gasteiger partial charge in [-0.15, -0.1) is 0 Å². The van der Waals surface area contributed by atoms with E-state index in [-0.39, 0.29) is 31.6 Å². The summed E-state index contributed by atoms with van der Waals surface area (Å²) in [7, 11) is 0. The maximum Gasteiger partial charge on any atom is 0.310 e. The third-order valence-corrected chi connectivity index (χ3v) is 11.1. The molecule has 0 rings (SSSR count). The lowest BCUT2D eigenvalue weighted by Crippen LogP contribution is -2.30. The lowest BCUT2D eigenvalue weighted by Gasteiger charge is -2.18. The molecule has 0 bridgehead atoms. The Morgan fingerprint density at radius 3 is 1.08 bits per heavy atom. The predicted octanol–water partition coefficient (Wildman–Crippen LogP) is 17.6. The van der Waals surface area contributed by atoms with E-state index in [1.807, 2.05) is 6.08 Å². The Morgan fingerprint density at radius 2 is 0.688 bits per heavy atom. The molecule has 6 nitrogen and oxygen atoms in total. The van der Waals surface area contributed by atoms with Gasteiger partial charge in [-0.3, -0.25) is 14.4 Å². The molecule has 0 aliphatic heterocycles. The summed E-state index contributed by atoms with van der Waals surface area (Å²) in [6.07, 6.45) is 67.5. The lowest BCUT2D eigenvalue weighted by atomic mass is 10.1. The van der Waals surface area contributed by atoms with Gasteiger partial charge in [-0.25, -0.2) is 0 Å². The highest BCUT2D eigenvalue weighted by Gasteiger charge is 2.19. The van der Waals surface area contributed by atoms with Crippen molar-refractivity contribution in [2.75, 3.05) is 13.2 Å². The van der Waals surface area contributed by atoms with Crippen LogP contribution in [0.5, 0.6) is 0 Å². The molecule has 0 radical (unpaired) electrons. The van der Waals surface area contributed by atoms with E-state index in [9.17, 15) is 14.4 Å². The van der Waals surface area contributed by atoms with Gasteiger partial charge in [0.2, 0.25) is 0 Å². The topological polar surface area (TPSA) is 78.9 Å². The van der Waals surface area contributed by atoms with E-state index in [0.717, 1.165) is 89.9 Å². The molecule has 0 N–H and O–H groups in total. The number of hydrogen-bond donors (Lipinski definition) is 0. The SMILES string of the molecule is CC/C=C\C/C=C\C/C=C\C/C=C\C/C=C\CC(=O)OC(COC(=O)CCCCCCC/C=C\CCC)COC(=O)CCCCCCCCCCC/C=C\CCCCCCCCCC. The van der Waals surface area contributed by atoms with Gasteiger partial charge in [0.05, 0.1) is 6.42 Å². The highest BCUT2D eigenvalue weighted by Crippen LogP contribution is 2.14. The Balaban J connectivity index is 4.40. The second kappa shape index (κ2) is 52.2. The molecule has 1 unspecified atom stereocenters. The van der Waals surface area contributed by atoms with Crippen LogP contribution < -0.4 is 0 Å². The van der Waals surface area contributed by atoms with Crippen molar-refractivity contribution in [3.63, 3.8) is 0 Å². The van der Waals surface area contributed by atoms with Gasteiger partial charge in [0.15, 0.2) is 6.10 Å². The fraction of sp³-hybridized carbons (Fsp3) is 0.707. The smallest absolute Gasteiger partial charge is 0.310 e. The van der Waals surface area contributed by atoms with Gasteiger partial charge in [0.1, 0.15) is 13.2 Å². The zero-order chi connectivity index (χ0) is 46.5.